The highest BCUT2D eigenvalue weighted by molar-refractivity contribution is 6.17. The molecular formula is C46H28N2O2. The van der Waals surface area contributed by atoms with Gasteiger partial charge < -0.3 is 18.1 Å². The van der Waals surface area contributed by atoms with Crippen molar-refractivity contribution in [1.82, 2.24) is 4.40 Å². The zero-order chi connectivity index (χ0) is 32.8. The summed E-state index contributed by atoms with van der Waals surface area (Å²) in [5, 5.41) is 9.01. The van der Waals surface area contributed by atoms with E-state index in [-0.39, 0.29) is 0 Å². The Kier molecular flexibility index (Phi) is 5.63. The van der Waals surface area contributed by atoms with Gasteiger partial charge in [0.15, 0.2) is 0 Å². The van der Waals surface area contributed by atoms with Gasteiger partial charge in [-0.15, -0.1) is 0 Å². The average molecular weight is 641 g/mol. The van der Waals surface area contributed by atoms with Crippen LogP contribution in [0.1, 0.15) is 0 Å². The van der Waals surface area contributed by atoms with E-state index < -0.39 is 0 Å². The van der Waals surface area contributed by atoms with Crippen LogP contribution < -0.4 is 4.90 Å². The summed E-state index contributed by atoms with van der Waals surface area (Å²) in [5.41, 5.74) is 10.4. The van der Waals surface area contributed by atoms with E-state index in [4.69, 9.17) is 8.83 Å². The first-order chi connectivity index (χ1) is 24.7. The highest BCUT2D eigenvalue weighted by Gasteiger charge is 2.18. The number of furan rings is 2. The Labute approximate surface area is 286 Å². The smallest absolute Gasteiger partial charge is 0.143 e. The fraction of sp³-hybridized carbons (Fsp3) is 0. The van der Waals surface area contributed by atoms with Crippen molar-refractivity contribution in [2.75, 3.05) is 4.90 Å². The molecule has 50 heavy (non-hydrogen) atoms. The second kappa shape index (κ2) is 10.4. The lowest BCUT2D eigenvalue weighted by Gasteiger charge is -2.26. The predicted molar refractivity (Wildman–Crippen MR) is 207 cm³/mol. The molecule has 0 saturated heterocycles. The van der Waals surface area contributed by atoms with Crippen LogP contribution in [0.15, 0.2) is 179 Å². The number of pyridine rings is 1. The molecule has 11 aromatic rings. The van der Waals surface area contributed by atoms with Crippen LogP contribution in [0.4, 0.5) is 17.1 Å². The minimum absolute atomic E-state index is 0.909. The summed E-state index contributed by atoms with van der Waals surface area (Å²) in [6, 6.07) is 56.0. The lowest BCUT2D eigenvalue weighted by molar-refractivity contribution is 0.672. The Morgan fingerprint density at radius 3 is 1.54 bits per heavy atom. The first-order valence-electron chi connectivity index (χ1n) is 16.9. The van der Waals surface area contributed by atoms with Gasteiger partial charge in [0.2, 0.25) is 0 Å². The van der Waals surface area contributed by atoms with Crippen molar-refractivity contribution in [3.05, 3.63) is 170 Å². The Bertz CT molecular complexity index is 2920. The molecule has 7 aromatic carbocycles. The standard InChI is InChI=1S/C46H28N2O2/c1-3-10-43-39(8-1)41-20-14-30-25-35(18-22-37(30)45(41)49-43)48(33-16-12-29(13-17-33)32-27-34-7-5-6-24-47(34)28-32)36-19-23-38-31(26-36)15-21-42-40-9-2-4-11-44(40)50-46(38)42/h1-28H. The molecule has 4 nitrogen and oxygen atoms in total. The monoisotopic (exact) mass is 640 g/mol. The topological polar surface area (TPSA) is 33.9 Å². The summed E-state index contributed by atoms with van der Waals surface area (Å²) < 4.78 is 15.0. The summed E-state index contributed by atoms with van der Waals surface area (Å²) >= 11 is 0. The number of hydrogen-bond donors (Lipinski definition) is 0. The third-order valence-electron chi connectivity index (χ3n) is 10.2. The number of aromatic nitrogens is 1. The quantitative estimate of drug-likeness (QED) is 0.192. The highest BCUT2D eigenvalue weighted by atomic mass is 16.3. The summed E-state index contributed by atoms with van der Waals surface area (Å²) in [6.07, 6.45) is 4.28. The van der Waals surface area contributed by atoms with Gasteiger partial charge in [-0.2, -0.15) is 0 Å². The molecule has 0 aliphatic rings. The van der Waals surface area contributed by atoms with E-state index in [0.29, 0.717) is 0 Å². The average Bonchev–Trinajstić information content (AvgIpc) is 3.89. The molecule has 0 aliphatic carbocycles. The van der Waals surface area contributed by atoms with Crippen molar-refractivity contribution < 1.29 is 8.83 Å². The summed E-state index contributed by atoms with van der Waals surface area (Å²) in [6.45, 7) is 0. The highest BCUT2D eigenvalue weighted by Crippen LogP contribution is 2.42. The zero-order valence-corrected chi connectivity index (χ0v) is 26.9. The minimum Gasteiger partial charge on any atom is -0.455 e. The predicted octanol–water partition coefficient (Wildman–Crippen LogP) is 13.2. The third-order valence-corrected chi connectivity index (χ3v) is 10.2. The van der Waals surface area contributed by atoms with Crippen LogP contribution in [0.5, 0.6) is 0 Å². The van der Waals surface area contributed by atoms with Gasteiger partial charge in [-0.05, 0) is 107 Å². The number of para-hydroxylation sites is 2. The van der Waals surface area contributed by atoms with Crippen molar-refractivity contribution in [1.29, 1.82) is 0 Å². The lowest BCUT2D eigenvalue weighted by atomic mass is 10.0. The van der Waals surface area contributed by atoms with Crippen LogP contribution in [0.3, 0.4) is 0 Å². The molecule has 4 heterocycles. The maximum Gasteiger partial charge on any atom is 0.143 e. The molecule has 4 heteroatoms. The molecule has 234 valence electrons. The van der Waals surface area contributed by atoms with E-state index in [0.717, 1.165) is 82.5 Å². The lowest BCUT2D eigenvalue weighted by Crippen LogP contribution is -2.09. The maximum absolute atomic E-state index is 6.39. The van der Waals surface area contributed by atoms with Crippen molar-refractivity contribution in [2.45, 2.75) is 0 Å². The SMILES string of the molecule is c1ccc2c(c1)oc1c3ccc(N(c4ccc(-c5cc6ccccn6c5)cc4)c4ccc5c(ccc6c7ccccc7oc56)c4)cc3ccc21. The summed E-state index contributed by atoms with van der Waals surface area (Å²) in [5.74, 6) is 0. The number of fused-ring (bicyclic) bond motifs is 11. The number of hydrogen-bond acceptors (Lipinski definition) is 3. The second-order valence-electron chi connectivity index (χ2n) is 13.0. The number of anilines is 3. The van der Waals surface area contributed by atoms with Crippen LogP contribution in [0.25, 0.3) is 82.1 Å². The number of benzene rings is 7. The van der Waals surface area contributed by atoms with E-state index in [9.17, 15) is 0 Å². The van der Waals surface area contributed by atoms with Crippen molar-refractivity contribution in [3.8, 4) is 11.1 Å². The normalized spacial score (nSPS) is 12.0. The van der Waals surface area contributed by atoms with Crippen molar-refractivity contribution in [2.24, 2.45) is 0 Å². The van der Waals surface area contributed by atoms with Crippen molar-refractivity contribution >= 4 is 88.0 Å². The molecule has 0 N–H and O–H groups in total. The molecule has 4 aromatic heterocycles. The molecule has 0 unspecified atom stereocenters. The largest absolute Gasteiger partial charge is 0.455 e. The number of rotatable bonds is 4. The summed E-state index contributed by atoms with van der Waals surface area (Å²) in [4.78, 5) is 2.34. The third kappa shape index (κ3) is 4.06. The molecule has 0 fully saturated rings. The molecule has 0 atom stereocenters. The Balaban J connectivity index is 1.08. The van der Waals surface area contributed by atoms with Gasteiger partial charge in [0, 0.05) is 72.9 Å². The fourth-order valence-electron chi connectivity index (χ4n) is 7.74. The molecule has 0 radical (unpaired) electrons. The zero-order valence-electron chi connectivity index (χ0n) is 26.9. The van der Waals surface area contributed by atoms with E-state index in [1.165, 1.54) is 16.6 Å². The van der Waals surface area contributed by atoms with Crippen LogP contribution in [0, 0.1) is 0 Å². The number of nitrogens with zero attached hydrogens (tertiary/aromatic N) is 2. The van der Waals surface area contributed by atoms with Gasteiger partial charge in [-0.25, -0.2) is 0 Å². The Morgan fingerprint density at radius 1 is 0.400 bits per heavy atom. The van der Waals surface area contributed by atoms with Gasteiger partial charge in [0.05, 0.1) is 0 Å². The molecule has 0 saturated carbocycles. The Hall–Kier alpha value is -6.78. The van der Waals surface area contributed by atoms with Crippen LogP contribution in [-0.4, -0.2) is 4.40 Å². The molecule has 0 bridgehead atoms. The first-order valence-corrected chi connectivity index (χ1v) is 16.9. The van der Waals surface area contributed by atoms with E-state index in [1.807, 2.05) is 24.3 Å². The van der Waals surface area contributed by atoms with E-state index in [1.54, 1.807) is 0 Å². The fourth-order valence-corrected chi connectivity index (χ4v) is 7.74. The summed E-state index contributed by atoms with van der Waals surface area (Å²) in [7, 11) is 0. The van der Waals surface area contributed by atoms with Crippen LogP contribution >= 0.6 is 0 Å². The molecular weight excluding hydrogens is 613 g/mol. The van der Waals surface area contributed by atoms with Gasteiger partial charge in [0.1, 0.15) is 22.3 Å². The van der Waals surface area contributed by atoms with Crippen molar-refractivity contribution in [3.63, 3.8) is 0 Å². The van der Waals surface area contributed by atoms with Gasteiger partial charge in [-0.1, -0.05) is 66.7 Å². The molecule has 0 spiro atoms. The molecule has 11 rings (SSSR count). The van der Waals surface area contributed by atoms with Gasteiger partial charge >= 0.3 is 0 Å². The minimum atomic E-state index is 0.909. The van der Waals surface area contributed by atoms with Crippen LogP contribution in [0.2, 0.25) is 0 Å². The second-order valence-corrected chi connectivity index (χ2v) is 13.0. The molecule has 0 aliphatic heterocycles. The van der Waals surface area contributed by atoms with Gasteiger partial charge in [0.25, 0.3) is 0 Å². The molecule has 0 amide bonds. The van der Waals surface area contributed by atoms with E-state index in [2.05, 4.69) is 155 Å². The first kappa shape index (κ1) is 27.2. The Morgan fingerprint density at radius 2 is 0.940 bits per heavy atom. The maximum atomic E-state index is 6.39. The van der Waals surface area contributed by atoms with E-state index >= 15 is 0 Å². The van der Waals surface area contributed by atoms with Crippen LogP contribution in [-0.2, 0) is 0 Å². The van der Waals surface area contributed by atoms with Gasteiger partial charge in [-0.3, -0.25) is 0 Å².